The van der Waals surface area contributed by atoms with Gasteiger partial charge in [0, 0.05) is 36.6 Å². The van der Waals surface area contributed by atoms with E-state index in [-0.39, 0.29) is 31.0 Å². The van der Waals surface area contributed by atoms with Crippen molar-refractivity contribution >= 4 is 55.8 Å². The van der Waals surface area contributed by atoms with E-state index in [0.717, 1.165) is 17.4 Å². The lowest BCUT2D eigenvalue weighted by Gasteiger charge is -2.38. The number of aryl methyl sites for hydroxylation is 1. The second kappa shape index (κ2) is 13.3. The number of aromatic nitrogens is 3. The van der Waals surface area contributed by atoms with Crippen molar-refractivity contribution in [2.24, 2.45) is 0 Å². The number of sulfone groups is 1. The van der Waals surface area contributed by atoms with Gasteiger partial charge in [-0.1, -0.05) is 48.5 Å². The summed E-state index contributed by atoms with van der Waals surface area (Å²) in [6.07, 6.45) is 1.14. The van der Waals surface area contributed by atoms with Gasteiger partial charge in [0.25, 0.3) is 5.56 Å². The third-order valence-electron chi connectivity index (χ3n) is 7.82. The van der Waals surface area contributed by atoms with Crippen LogP contribution in [0, 0.1) is 6.92 Å². The SMILES string of the molecule is Cc1cccc2c1N(C(=O)OCc1ccccc1)CCN2c1cc2cnc(S(C)(=O)=O)nc2n(-c2cccc(NC(=O)OC(C)(C)C)c2)c1=O. The van der Waals surface area contributed by atoms with Crippen LogP contribution in [0.25, 0.3) is 16.7 Å². The maximum Gasteiger partial charge on any atom is 0.414 e. The Morgan fingerprint density at radius 1 is 0.940 bits per heavy atom. The van der Waals surface area contributed by atoms with Crippen LogP contribution in [0.3, 0.4) is 0 Å². The molecule has 3 heterocycles. The van der Waals surface area contributed by atoms with Crippen LogP contribution >= 0.6 is 0 Å². The molecule has 3 aromatic carbocycles. The van der Waals surface area contributed by atoms with Gasteiger partial charge in [0.1, 0.15) is 17.9 Å². The summed E-state index contributed by atoms with van der Waals surface area (Å²) >= 11 is 0. The van der Waals surface area contributed by atoms with Crippen LogP contribution in [0.2, 0.25) is 0 Å². The molecule has 0 spiro atoms. The maximum atomic E-state index is 14.6. The number of rotatable bonds is 6. The van der Waals surface area contributed by atoms with E-state index in [1.165, 1.54) is 10.8 Å². The zero-order valence-electron chi connectivity index (χ0n) is 28.2. The van der Waals surface area contributed by atoms with Gasteiger partial charge >= 0.3 is 12.2 Å². The predicted molar refractivity (Wildman–Crippen MR) is 190 cm³/mol. The van der Waals surface area contributed by atoms with Gasteiger partial charge in [0.15, 0.2) is 5.65 Å². The number of benzene rings is 3. The Labute approximate surface area is 289 Å². The van der Waals surface area contributed by atoms with E-state index in [4.69, 9.17) is 9.47 Å². The molecule has 0 aliphatic carbocycles. The van der Waals surface area contributed by atoms with Crippen LogP contribution < -0.4 is 20.7 Å². The van der Waals surface area contributed by atoms with Crippen molar-refractivity contribution in [2.45, 2.75) is 45.1 Å². The summed E-state index contributed by atoms with van der Waals surface area (Å²) in [6, 6.07) is 23.0. The molecule has 1 aliphatic rings. The zero-order valence-corrected chi connectivity index (χ0v) is 29.0. The largest absolute Gasteiger partial charge is 0.444 e. The number of para-hydroxylation sites is 1. The fourth-order valence-electron chi connectivity index (χ4n) is 5.70. The first-order valence-electron chi connectivity index (χ1n) is 15.8. The molecule has 0 radical (unpaired) electrons. The van der Waals surface area contributed by atoms with Crippen LogP contribution in [0.1, 0.15) is 31.9 Å². The van der Waals surface area contributed by atoms with Crippen LogP contribution in [0.4, 0.5) is 32.3 Å². The highest BCUT2D eigenvalue weighted by Crippen LogP contribution is 2.40. The highest BCUT2D eigenvalue weighted by molar-refractivity contribution is 7.90. The van der Waals surface area contributed by atoms with Gasteiger partial charge in [-0.2, -0.15) is 4.98 Å². The Hall–Kier alpha value is -5.76. The molecule has 0 bridgehead atoms. The van der Waals surface area contributed by atoms with Crippen molar-refractivity contribution in [2.75, 3.05) is 34.5 Å². The average Bonchev–Trinajstić information content (AvgIpc) is 3.06. The molecule has 0 saturated heterocycles. The zero-order chi connectivity index (χ0) is 35.8. The molecule has 50 heavy (non-hydrogen) atoms. The minimum Gasteiger partial charge on any atom is -0.444 e. The highest BCUT2D eigenvalue weighted by Gasteiger charge is 2.32. The number of amides is 2. The lowest BCUT2D eigenvalue weighted by Crippen LogP contribution is -2.44. The molecular weight excluding hydrogens is 660 g/mol. The minimum absolute atomic E-state index is 0.0520. The van der Waals surface area contributed by atoms with Gasteiger partial charge in [-0.15, -0.1) is 0 Å². The molecule has 1 N–H and O–H groups in total. The molecule has 1 aliphatic heterocycles. The first-order chi connectivity index (χ1) is 23.7. The van der Waals surface area contributed by atoms with Gasteiger partial charge < -0.3 is 14.4 Å². The average molecular weight is 697 g/mol. The third kappa shape index (κ3) is 7.15. The molecule has 2 aromatic heterocycles. The first-order valence-corrected chi connectivity index (χ1v) is 17.7. The Bertz CT molecular complexity index is 2280. The molecule has 5 aromatic rings. The third-order valence-corrected chi connectivity index (χ3v) is 8.68. The monoisotopic (exact) mass is 696 g/mol. The van der Waals surface area contributed by atoms with E-state index in [0.29, 0.717) is 28.1 Å². The summed E-state index contributed by atoms with van der Waals surface area (Å²) < 4.78 is 37.3. The van der Waals surface area contributed by atoms with Gasteiger partial charge in [-0.25, -0.2) is 23.0 Å². The second-order valence-corrected chi connectivity index (χ2v) is 14.7. The Kier molecular flexibility index (Phi) is 9.06. The summed E-state index contributed by atoms with van der Waals surface area (Å²) in [7, 11) is -3.83. The van der Waals surface area contributed by atoms with E-state index in [1.807, 2.05) is 60.4 Å². The summed E-state index contributed by atoms with van der Waals surface area (Å²) in [6.45, 7) is 7.66. The molecule has 0 atom stereocenters. The lowest BCUT2D eigenvalue weighted by molar-refractivity contribution is 0.0636. The van der Waals surface area contributed by atoms with E-state index >= 15 is 0 Å². The number of anilines is 4. The molecule has 2 amide bonds. The van der Waals surface area contributed by atoms with E-state index < -0.39 is 38.3 Å². The number of nitrogens with zero attached hydrogens (tertiary/aromatic N) is 5. The summed E-state index contributed by atoms with van der Waals surface area (Å²) in [5.74, 6) is 0. The van der Waals surface area contributed by atoms with E-state index in [1.54, 1.807) is 56.0 Å². The van der Waals surface area contributed by atoms with E-state index in [2.05, 4.69) is 15.3 Å². The normalized spacial score (nSPS) is 13.1. The fraction of sp³-hybridized carbons (Fsp3) is 0.250. The number of hydrogen-bond acceptors (Lipinski definition) is 10. The molecule has 0 fully saturated rings. The van der Waals surface area contributed by atoms with E-state index in [9.17, 15) is 22.8 Å². The van der Waals surface area contributed by atoms with Gasteiger partial charge in [-0.05, 0) is 69.2 Å². The first kappa shape index (κ1) is 34.1. The van der Waals surface area contributed by atoms with Crippen LogP contribution in [0.15, 0.2) is 95.0 Å². The van der Waals surface area contributed by atoms with Crippen molar-refractivity contribution < 1.29 is 27.5 Å². The van der Waals surface area contributed by atoms with Gasteiger partial charge in [0.2, 0.25) is 15.0 Å². The number of carbonyl (C=O) groups is 2. The number of carbonyl (C=O) groups excluding carboxylic acids is 2. The topological polar surface area (TPSA) is 153 Å². The van der Waals surface area contributed by atoms with Crippen molar-refractivity contribution in [3.8, 4) is 5.69 Å². The smallest absolute Gasteiger partial charge is 0.414 e. The summed E-state index contributed by atoms with van der Waals surface area (Å²) in [5, 5.41) is 2.62. The molecular formula is C36H36N6O7S. The van der Waals surface area contributed by atoms with Gasteiger partial charge in [-0.3, -0.25) is 19.6 Å². The fourth-order valence-corrected chi connectivity index (χ4v) is 6.19. The molecule has 0 saturated carbocycles. The Morgan fingerprint density at radius 2 is 1.68 bits per heavy atom. The molecule has 0 unspecified atom stereocenters. The molecule has 6 rings (SSSR count). The summed E-state index contributed by atoms with van der Waals surface area (Å²) in [4.78, 5) is 52.4. The standard InChI is InChI=1S/C36H36N6O7S/c1-23-11-9-16-28-30(23)41(35(45)48-22-24-12-7-6-8-13-24)18-17-40(28)29-19-25-21-37-33(50(5,46)47)39-31(25)42(32(29)43)27-15-10-14-26(20-27)38-34(44)49-36(2,3)4/h6-16,19-21H,17-18,22H2,1-5H3,(H,38,44). The summed E-state index contributed by atoms with van der Waals surface area (Å²) in [5.41, 5.74) is 2.53. The van der Waals surface area contributed by atoms with Gasteiger partial charge in [0.05, 0.1) is 17.1 Å². The number of ether oxygens (including phenoxy) is 2. The minimum atomic E-state index is -3.83. The molecule has 258 valence electrons. The number of pyridine rings is 1. The number of nitrogens with one attached hydrogen (secondary N) is 1. The van der Waals surface area contributed by atoms with Crippen molar-refractivity contribution in [1.29, 1.82) is 0 Å². The van der Waals surface area contributed by atoms with Crippen LogP contribution in [0.5, 0.6) is 0 Å². The van der Waals surface area contributed by atoms with Crippen molar-refractivity contribution in [3.05, 3.63) is 107 Å². The Morgan fingerprint density at radius 3 is 2.40 bits per heavy atom. The number of fused-ring (bicyclic) bond motifs is 2. The Balaban J connectivity index is 1.45. The maximum absolute atomic E-state index is 14.6. The molecule has 14 heteroatoms. The quantitative estimate of drug-likeness (QED) is 0.205. The van der Waals surface area contributed by atoms with Crippen molar-refractivity contribution in [1.82, 2.24) is 14.5 Å². The lowest BCUT2D eigenvalue weighted by atomic mass is 10.1. The molecule has 13 nitrogen and oxygen atoms in total. The van der Waals surface area contributed by atoms with Crippen LogP contribution in [-0.2, 0) is 25.9 Å². The second-order valence-electron chi connectivity index (χ2n) is 12.8. The highest BCUT2D eigenvalue weighted by atomic mass is 32.2. The van der Waals surface area contributed by atoms with Crippen LogP contribution in [-0.4, -0.2) is 60.1 Å². The number of hydrogen-bond donors (Lipinski definition) is 1. The predicted octanol–water partition coefficient (Wildman–Crippen LogP) is 6.13. The van der Waals surface area contributed by atoms with Crippen molar-refractivity contribution in [3.63, 3.8) is 0 Å².